The Labute approximate surface area is 329 Å². The number of hydrogen-bond acceptors (Lipinski definition) is 4. The third-order valence-corrected chi connectivity index (χ3v) is 12.5. The summed E-state index contributed by atoms with van der Waals surface area (Å²) in [6.45, 7) is 0. The van der Waals surface area contributed by atoms with Gasteiger partial charge in [0.15, 0.2) is 0 Å². The van der Waals surface area contributed by atoms with Gasteiger partial charge in [-0.3, -0.25) is 16.0 Å². The molecule has 3 atom stereocenters. The molecule has 5 heteroatoms. The molecule has 2 aromatic heterocycles. The van der Waals surface area contributed by atoms with Crippen molar-refractivity contribution in [1.82, 2.24) is 20.5 Å². The van der Waals surface area contributed by atoms with E-state index in [0.717, 1.165) is 5.69 Å². The molecule has 0 aliphatic carbocycles. The molecule has 0 radical (unpaired) electrons. The maximum atomic E-state index is 3.93. The molecule has 1 fully saturated rings. The van der Waals surface area contributed by atoms with E-state index in [2.05, 4.69) is 215 Å². The summed E-state index contributed by atoms with van der Waals surface area (Å²) in [5, 5.41) is 16.8. The van der Waals surface area contributed by atoms with E-state index in [1.165, 1.54) is 80.9 Å². The normalized spacial score (nSPS) is 17.2. The Morgan fingerprint density at radius 3 is 1.79 bits per heavy atom. The number of nitrogens with one attached hydrogen (secondary N) is 3. The van der Waals surface area contributed by atoms with Crippen LogP contribution in [0.4, 0.5) is 0 Å². The van der Waals surface area contributed by atoms with Crippen molar-refractivity contribution in [1.29, 1.82) is 0 Å². The Hall–Kier alpha value is -6.34. The van der Waals surface area contributed by atoms with Crippen molar-refractivity contribution in [3.05, 3.63) is 211 Å². The highest BCUT2D eigenvalue weighted by atomic mass is 32.1. The molecule has 8 aromatic carbocycles. The minimum atomic E-state index is -0.117. The SMILES string of the molecule is c1ccc(-c2cccc(C3NC(c4ccccc4)NC(c4cccc(-n5c6ccccc6c6cc(-c7cccc8c7sc7ccccc78)ccc65)c4)N3)c2)cc1. The van der Waals surface area contributed by atoms with E-state index in [9.17, 15) is 0 Å². The summed E-state index contributed by atoms with van der Waals surface area (Å²) in [7, 11) is 0. The van der Waals surface area contributed by atoms with Crippen LogP contribution in [0, 0.1) is 0 Å². The topological polar surface area (TPSA) is 41.0 Å². The quantitative estimate of drug-likeness (QED) is 0.159. The largest absolute Gasteiger partial charge is 0.309 e. The predicted octanol–water partition coefficient (Wildman–Crippen LogP) is 12.7. The lowest BCUT2D eigenvalue weighted by Crippen LogP contribution is -2.54. The number of hydrogen-bond donors (Lipinski definition) is 3. The highest BCUT2D eigenvalue weighted by Gasteiger charge is 2.30. The second kappa shape index (κ2) is 13.7. The Bertz CT molecular complexity index is 3040. The Morgan fingerprint density at radius 2 is 0.964 bits per heavy atom. The van der Waals surface area contributed by atoms with Gasteiger partial charge in [-0.05, 0) is 81.4 Å². The fourth-order valence-electron chi connectivity index (χ4n) is 8.63. The molecule has 3 unspecified atom stereocenters. The van der Waals surface area contributed by atoms with Gasteiger partial charge in [0.05, 0.1) is 29.5 Å². The van der Waals surface area contributed by atoms with Crippen LogP contribution in [-0.2, 0) is 0 Å². The van der Waals surface area contributed by atoms with Crippen LogP contribution in [0.2, 0.25) is 0 Å². The van der Waals surface area contributed by atoms with E-state index in [1.807, 2.05) is 11.3 Å². The van der Waals surface area contributed by atoms with Gasteiger partial charge in [-0.1, -0.05) is 152 Å². The zero-order chi connectivity index (χ0) is 37.0. The van der Waals surface area contributed by atoms with Crippen molar-refractivity contribution in [2.45, 2.75) is 18.5 Å². The molecule has 1 aliphatic rings. The number of benzene rings is 8. The molecule has 0 saturated carbocycles. The van der Waals surface area contributed by atoms with Crippen molar-refractivity contribution in [2.24, 2.45) is 0 Å². The van der Waals surface area contributed by atoms with E-state index in [0.29, 0.717) is 0 Å². The van der Waals surface area contributed by atoms with Gasteiger partial charge >= 0.3 is 0 Å². The van der Waals surface area contributed by atoms with E-state index in [4.69, 9.17) is 0 Å². The molecule has 1 aliphatic heterocycles. The minimum absolute atomic E-state index is 0.0615. The molecular formula is C51H38N4S. The van der Waals surface area contributed by atoms with Gasteiger partial charge in [-0.25, -0.2) is 0 Å². The van der Waals surface area contributed by atoms with Crippen molar-refractivity contribution in [2.75, 3.05) is 0 Å². The first-order valence-corrected chi connectivity index (χ1v) is 20.1. The maximum Gasteiger partial charge on any atom is 0.0865 e. The van der Waals surface area contributed by atoms with E-state index in [-0.39, 0.29) is 18.5 Å². The standard InChI is InChI=1S/C51H38N4S/c1-3-14-33(15-4-1)35-18-11-19-37(30-35)50-52-49(34-16-5-2-6-17-34)53-51(54-50)38-20-12-21-39(31-38)55-45-26-9-7-22-41(45)44-32-36(28-29-46(44)55)40-24-13-25-43-42-23-8-10-27-47(42)56-48(40)43/h1-32,49-54H. The van der Waals surface area contributed by atoms with Gasteiger partial charge in [0, 0.05) is 36.6 Å². The second-order valence-electron chi connectivity index (χ2n) is 14.7. The maximum absolute atomic E-state index is 3.93. The Morgan fingerprint density at radius 1 is 0.375 bits per heavy atom. The average molecular weight is 739 g/mol. The van der Waals surface area contributed by atoms with Gasteiger partial charge in [0.25, 0.3) is 0 Å². The monoisotopic (exact) mass is 738 g/mol. The van der Waals surface area contributed by atoms with E-state index >= 15 is 0 Å². The van der Waals surface area contributed by atoms with Crippen molar-refractivity contribution in [3.8, 4) is 27.9 Å². The third-order valence-electron chi connectivity index (χ3n) is 11.3. The third kappa shape index (κ3) is 5.72. The Balaban J connectivity index is 0.996. The molecule has 3 N–H and O–H groups in total. The second-order valence-corrected chi connectivity index (χ2v) is 15.7. The van der Waals surface area contributed by atoms with Crippen LogP contribution in [0.25, 0.3) is 69.9 Å². The average Bonchev–Trinajstić information content (AvgIpc) is 3.83. The number of rotatable bonds is 6. The van der Waals surface area contributed by atoms with Gasteiger partial charge in [-0.15, -0.1) is 11.3 Å². The fourth-order valence-corrected chi connectivity index (χ4v) is 9.87. The summed E-state index contributed by atoms with van der Waals surface area (Å²) in [4.78, 5) is 0. The van der Waals surface area contributed by atoms with Crippen LogP contribution in [0.3, 0.4) is 0 Å². The summed E-state index contributed by atoms with van der Waals surface area (Å²) >= 11 is 1.88. The summed E-state index contributed by atoms with van der Waals surface area (Å²) < 4.78 is 5.09. The van der Waals surface area contributed by atoms with Gasteiger partial charge < -0.3 is 4.57 Å². The first kappa shape index (κ1) is 33.0. The van der Waals surface area contributed by atoms with Crippen molar-refractivity contribution >= 4 is 53.3 Å². The predicted molar refractivity (Wildman–Crippen MR) is 235 cm³/mol. The van der Waals surface area contributed by atoms with E-state index < -0.39 is 0 Å². The van der Waals surface area contributed by atoms with Crippen molar-refractivity contribution in [3.63, 3.8) is 0 Å². The summed E-state index contributed by atoms with van der Waals surface area (Å²) in [5.41, 5.74) is 12.0. The van der Waals surface area contributed by atoms with Crippen LogP contribution in [0.15, 0.2) is 194 Å². The van der Waals surface area contributed by atoms with Crippen LogP contribution < -0.4 is 16.0 Å². The number of thiophene rings is 1. The van der Waals surface area contributed by atoms with Crippen molar-refractivity contribution < 1.29 is 0 Å². The molecule has 10 aromatic rings. The minimum Gasteiger partial charge on any atom is -0.309 e. The Kier molecular flexibility index (Phi) is 8.11. The molecule has 4 nitrogen and oxygen atoms in total. The van der Waals surface area contributed by atoms with Gasteiger partial charge in [-0.2, -0.15) is 0 Å². The van der Waals surface area contributed by atoms with E-state index in [1.54, 1.807) is 0 Å². The zero-order valence-electron chi connectivity index (χ0n) is 30.6. The van der Waals surface area contributed by atoms with Gasteiger partial charge in [0.2, 0.25) is 0 Å². The zero-order valence-corrected chi connectivity index (χ0v) is 31.4. The molecule has 3 heterocycles. The number of nitrogens with zero attached hydrogens (tertiary/aromatic N) is 1. The first-order valence-electron chi connectivity index (χ1n) is 19.3. The smallest absolute Gasteiger partial charge is 0.0865 e. The lowest BCUT2D eigenvalue weighted by Gasteiger charge is -2.40. The number of para-hydroxylation sites is 1. The molecule has 268 valence electrons. The highest BCUT2D eigenvalue weighted by Crippen LogP contribution is 2.42. The molecule has 1 saturated heterocycles. The number of fused-ring (bicyclic) bond motifs is 6. The van der Waals surface area contributed by atoms with Crippen LogP contribution in [0.1, 0.15) is 35.2 Å². The summed E-state index contributed by atoms with van der Waals surface area (Å²) in [6.07, 6.45) is -0.266. The molecule has 11 rings (SSSR count). The molecule has 0 bridgehead atoms. The van der Waals surface area contributed by atoms with Gasteiger partial charge in [0.1, 0.15) is 0 Å². The van der Waals surface area contributed by atoms with Crippen LogP contribution in [-0.4, -0.2) is 4.57 Å². The lowest BCUT2D eigenvalue weighted by molar-refractivity contribution is 0.203. The molecule has 0 spiro atoms. The molecule has 0 amide bonds. The fraction of sp³-hybridized carbons (Fsp3) is 0.0588. The molecule has 56 heavy (non-hydrogen) atoms. The van der Waals surface area contributed by atoms with Crippen LogP contribution >= 0.6 is 11.3 Å². The summed E-state index contributed by atoms with van der Waals surface area (Å²) in [5.74, 6) is 0. The lowest BCUT2D eigenvalue weighted by atomic mass is 10.00. The molecular weight excluding hydrogens is 701 g/mol. The number of aromatic nitrogens is 1. The van der Waals surface area contributed by atoms with Crippen LogP contribution in [0.5, 0.6) is 0 Å². The summed E-state index contributed by atoms with van der Waals surface area (Å²) in [6, 6.07) is 70.4. The first-order chi connectivity index (χ1) is 27.7. The highest BCUT2D eigenvalue weighted by molar-refractivity contribution is 7.26.